The Bertz CT molecular complexity index is 599. The Labute approximate surface area is 118 Å². The van der Waals surface area contributed by atoms with Gasteiger partial charge in [0.05, 0.1) is 29.7 Å². The van der Waals surface area contributed by atoms with Crippen LogP contribution < -0.4 is 15.4 Å². The molecule has 5 heteroatoms. The molecule has 0 aliphatic carbocycles. The molecule has 0 fully saturated rings. The molecule has 2 rings (SSSR count). The molecule has 0 atom stereocenters. The van der Waals surface area contributed by atoms with Crippen molar-refractivity contribution in [3.05, 3.63) is 48.3 Å². The number of amides is 1. The lowest BCUT2D eigenvalue weighted by atomic mass is 10.2. The highest BCUT2D eigenvalue weighted by atomic mass is 16.5. The van der Waals surface area contributed by atoms with Crippen molar-refractivity contribution in [2.75, 3.05) is 24.3 Å². The molecule has 1 amide bonds. The zero-order chi connectivity index (χ0) is 14.4. The molecule has 1 heterocycles. The second kappa shape index (κ2) is 6.56. The van der Waals surface area contributed by atoms with Gasteiger partial charge in [0.15, 0.2) is 0 Å². The summed E-state index contributed by atoms with van der Waals surface area (Å²) in [6.07, 6.45) is 3.20. The van der Waals surface area contributed by atoms with Gasteiger partial charge < -0.3 is 15.4 Å². The number of ether oxygens (including phenoxy) is 1. The molecule has 0 bridgehead atoms. The van der Waals surface area contributed by atoms with Gasteiger partial charge in [-0.2, -0.15) is 0 Å². The van der Waals surface area contributed by atoms with E-state index in [1.807, 2.05) is 31.2 Å². The fourth-order valence-corrected chi connectivity index (χ4v) is 1.83. The monoisotopic (exact) mass is 271 g/mol. The molecule has 0 radical (unpaired) electrons. The predicted molar refractivity (Wildman–Crippen MR) is 79.3 cm³/mol. The topological polar surface area (TPSA) is 63.2 Å². The van der Waals surface area contributed by atoms with Gasteiger partial charge in [-0.1, -0.05) is 12.1 Å². The maximum atomic E-state index is 12.3. The maximum absolute atomic E-state index is 12.3. The number of rotatable bonds is 5. The van der Waals surface area contributed by atoms with Gasteiger partial charge >= 0.3 is 0 Å². The van der Waals surface area contributed by atoms with Gasteiger partial charge in [-0.05, 0) is 25.1 Å². The number of nitrogens with one attached hydrogen (secondary N) is 2. The summed E-state index contributed by atoms with van der Waals surface area (Å²) in [7, 11) is 1.75. The highest BCUT2D eigenvalue weighted by Crippen LogP contribution is 2.25. The quantitative estimate of drug-likeness (QED) is 0.877. The number of hydrogen-bond acceptors (Lipinski definition) is 4. The minimum Gasteiger partial charge on any atom is -0.492 e. The van der Waals surface area contributed by atoms with Crippen molar-refractivity contribution in [3.63, 3.8) is 0 Å². The summed E-state index contributed by atoms with van der Waals surface area (Å²) in [6.45, 7) is 2.45. The number of hydrogen-bond donors (Lipinski definition) is 2. The normalized spacial score (nSPS) is 9.90. The third kappa shape index (κ3) is 3.06. The minimum atomic E-state index is -0.205. The van der Waals surface area contributed by atoms with E-state index in [-0.39, 0.29) is 5.91 Å². The third-order valence-corrected chi connectivity index (χ3v) is 2.77. The predicted octanol–water partition coefficient (Wildman–Crippen LogP) is 2.77. The molecular formula is C15H17N3O2. The third-order valence-electron chi connectivity index (χ3n) is 2.77. The van der Waals surface area contributed by atoms with Crippen LogP contribution in [0.5, 0.6) is 5.75 Å². The lowest BCUT2D eigenvalue weighted by Crippen LogP contribution is -2.15. The molecule has 0 aliphatic heterocycles. The smallest absolute Gasteiger partial charge is 0.257 e. The number of para-hydroxylation sites is 2. The summed E-state index contributed by atoms with van der Waals surface area (Å²) in [5, 5.41) is 5.80. The van der Waals surface area contributed by atoms with E-state index in [0.717, 1.165) is 0 Å². The Kier molecular flexibility index (Phi) is 4.55. The maximum Gasteiger partial charge on any atom is 0.257 e. The van der Waals surface area contributed by atoms with Gasteiger partial charge in [-0.3, -0.25) is 9.78 Å². The van der Waals surface area contributed by atoms with Crippen LogP contribution in [0.15, 0.2) is 42.7 Å². The van der Waals surface area contributed by atoms with Gasteiger partial charge in [0.2, 0.25) is 0 Å². The summed E-state index contributed by atoms with van der Waals surface area (Å²) < 4.78 is 5.49. The van der Waals surface area contributed by atoms with Crippen LogP contribution >= 0.6 is 0 Å². The molecule has 1 aromatic heterocycles. The second-order valence-electron chi connectivity index (χ2n) is 4.05. The molecule has 5 nitrogen and oxygen atoms in total. The lowest BCUT2D eigenvalue weighted by molar-refractivity contribution is 0.102. The Balaban J connectivity index is 2.24. The van der Waals surface area contributed by atoms with Crippen LogP contribution in [0.4, 0.5) is 11.4 Å². The van der Waals surface area contributed by atoms with Gasteiger partial charge in [-0.25, -0.2) is 0 Å². The summed E-state index contributed by atoms with van der Waals surface area (Å²) in [6, 6.07) is 9.02. The number of pyridine rings is 1. The first-order chi connectivity index (χ1) is 9.76. The summed E-state index contributed by atoms with van der Waals surface area (Å²) in [5.41, 5.74) is 1.87. The van der Waals surface area contributed by atoms with Crippen LogP contribution in [0.1, 0.15) is 17.3 Å². The molecule has 104 valence electrons. The number of benzene rings is 1. The number of carbonyl (C=O) groups is 1. The first kappa shape index (κ1) is 13.9. The highest BCUT2D eigenvalue weighted by molar-refractivity contribution is 6.08. The first-order valence-electron chi connectivity index (χ1n) is 6.41. The van der Waals surface area contributed by atoms with Crippen LogP contribution in [0, 0.1) is 0 Å². The molecule has 0 saturated heterocycles. The number of nitrogens with zero attached hydrogens (tertiary/aromatic N) is 1. The molecule has 20 heavy (non-hydrogen) atoms. The van der Waals surface area contributed by atoms with Crippen LogP contribution in [-0.2, 0) is 0 Å². The van der Waals surface area contributed by atoms with E-state index in [1.165, 1.54) is 0 Å². The summed E-state index contributed by atoms with van der Waals surface area (Å²) in [4.78, 5) is 16.3. The number of carbonyl (C=O) groups excluding carboxylic acids is 1. The van der Waals surface area contributed by atoms with Crippen LogP contribution in [0.25, 0.3) is 0 Å². The molecule has 0 aliphatic rings. The van der Waals surface area contributed by atoms with Gasteiger partial charge in [-0.15, -0.1) is 0 Å². The van der Waals surface area contributed by atoms with E-state index >= 15 is 0 Å². The van der Waals surface area contributed by atoms with Crippen molar-refractivity contribution in [2.45, 2.75) is 6.92 Å². The number of aromatic nitrogens is 1. The molecule has 0 spiro atoms. The van der Waals surface area contributed by atoms with Crippen molar-refractivity contribution in [1.82, 2.24) is 4.98 Å². The highest BCUT2D eigenvalue weighted by Gasteiger charge is 2.12. The van der Waals surface area contributed by atoms with Crippen molar-refractivity contribution < 1.29 is 9.53 Å². The standard InChI is InChI=1S/C15H17N3O2/c1-3-20-14-7-5-4-6-12(14)18-15(19)11-8-9-17-10-13(11)16-2/h4-10,16H,3H2,1-2H3,(H,18,19). The SMILES string of the molecule is CCOc1ccccc1NC(=O)c1ccncc1NC. The minimum absolute atomic E-state index is 0.205. The largest absolute Gasteiger partial charge is 0.492 e. The Hall–Kier alpha value is -2.56. The Morgan fingerprint density at radius 3 is 2.80 bits per heavy atom. The fraction of sp³-hybridized carbons (Fsp3) is 0.200. The fourth-order valence-electron chi connectivity index (χ4n) is 1.83. The average molecular weight is 271 g/mol. The van der Waals surface area contributed by atoms with E-state index in [1.54, 1.807) is 25.5 Å². The van der Waals surface area contributed by atoms with E-state index in [9.17, 15) is 4.79 Å². The van der Waals surface area contributed by atoms with E-state index in [0.29, 0.717) is 29.3 Å². The van der Waals surface area contributed by atoms with Crippen molar-refractivity contribution in [1.29, 1.82) is 0 Å². The van der Waals surface area contributed by atoms with Crippen molar-refractivity contribution >= 4 is 17.3 Å². The van der Waals surface area contributed by atoms with E-state index < -0.39 is 0 Å². The first-order valence-corrected chi connectivity index (χ1v) is 6.41. The molecule has 0 unspecified atom stereocenters. The van der Waals surface area contributed by atoms with Crippen molar-refractivity contribution in [3.8, 4) is 5.75 Å². The van der Waals surface area contributed by atoms with Crippen LogP contribution in [0.3, 0.4) is 0 Å². The summed E-state index contributed by atoms with van der Waals surface area (Å²) in [5.74, 6) is 0.451. The zero-order valence-corrected chi connectivity index (χ0v) is 11.5. The lowest BCUT2D eigenvalue weighted by Gasteiger charge is -2.12. The van der Waals surface area contributed by atoms with E-state index in [4.69, 9.17) is 4.74 Å². The molecule has 2 aromatic rings. The molecule has 0 saturated carbocycles. The Morgan fingerprint density at radius 1 is 1.25 bits per heavy atom. The molecule has 2 N–H and O–H groups in total. The molecular weight excluding hydrogens is 254 g/mol. The van der Waals surface area contributed by atoms with Crippen LogP contribution in [0.2, 0.25) is 0 Å². The van der Waals surface area contributed by atoms with E-state index in [2.05, 4.69) is 15.6 Å². The van der Waals surface area contributed by atoms with Crippen LogP contribution in [-0.4, -0.2) is 24.5 Å². The van der Waals surface area contributed by atoms with Gasteiger partial charge in [0, 0.05) is 13.2 Å². The van der Waals surface area contributed by atoms with Crippen molar-refractivity contribution in [2.24, 2.45) is 0 Å². The zero-order valence-electron chi connectivity index (χ0n) is 11.5. The summed E-state index contributed by atoms with van der Waals surface area (Å²) >= 11 is 0. The average Bonchev–Trinajstić information content (AvgIpc) is 2.49. The molecule has 1 aromatic carbocycles. The Morgan fingerprint density at radius 2 is 2.05 bits per heavy atom. The van der Waals surface area contributed by atoms with Gasteiger partial charge in [0.1, 0.15) is 5.75 Å². The van der Waals surface area contributed by atoms with Gasteiger partial charge in [0.25, 0.3) is 5.91 Å². The second-order valence-corrected chi connectivity index (χ2v) is 4.05. The number of anilines is 2.